The zero-order chi connectivity index (χ0) is 10.2. The number of rotatable bonds is 5. The van der Waals surface area contributed by atoms with Gasteiger partial charge >= 0.3 is 6.47 Å². The van der Waals surface area contributed by atoms with E-state index < -0.39 is 0 Å². The van der Waals surface area contributed by atoms with Gasteiger partial charge in [-0.25, -0.2) is 0 Å². The number of aryl methyl sites for hydroxylation is 1. The molecule has 0 heterocycles. The van der Waals surface area contributed by atoms with E-state index in [1.54, 1.807) is 0 Å². The Balaban J connectivity index is 2.37. The number of benzene rings is 1. The molecule has 0 saturated heterocycles. The predicted octanol–water partition coefficient (Wildman–Crippen LogP) is 1.06. The summed E-state index contributed by atoms with van der Waals surface area (Å²) < 4.78 is 0. The van der Waals surface area contributed by atoms with Gasteiger partial charge in [-0.15, -0.1) is 0 Å². The lowest BCUT2D eigenvalue weighted by atomic mass is 10.1. The van der Waals surface area contributed by atoms with Crippen molar-refractivity contribution in [3.05, 3.63) is 35.9 Å². The molecule has 74 valence electrons. The number of nitrogens with two attached hydrogens (primary N) is 1. The molecule has 0 unspecified atom stereocenters. The summed E-state index contributed by atoms with van der Waals surface area (Å²) in [4.78, 5) is 14.0. The van der Waals surface area contributed by atoms with E-state index in [9.17, 15) is 4.79 Å². The van der Waals surface area contributed by atoms with Crippen LogP contribution in [0.5, 0.6) is 0 Å². The maximum atomic E-state index is 9.80. The first kappa shape index (κ1) is 10.2. The Kier molecular flexibility index (Phi) is 4.20. The lowest BCUT2D eigenvalue weighted by molar-refractivity contribution is -0.128. The smallest absolute Gasteiger partial charge is 0.323 e. The van der Waals surface area contributed by atoms with Crippen LogP contribution in [0.15, 0.2) is 35.5 Å². The van der Waals surface area contributed by atoms with Crippen LogP contribution in [0.25, 0.3) is 0 Å². The van der Waals surface area contributed by atoms with E-state index in [0.717, 1.165) is 6.42 Å². The normalized spacial score (nSPS) is 11.0. The minimum atomic E-state index is 0.245. The molecule has 0 bridgehead atoms. The largest absolute Gasteiger partial charge is 0.384 e. The molecule has 0 spiro atoms. The topological polar surface area (TPSA) is 64.7 Å². The third kappa shape index (κ3) is 3.71. The first-order valence-electron chi connectivity index (χ1n) is 4.28. The zero-order valence-electron chi connectivity index (χ0n) is 7.72. The molecule has 14 heavy (non-hydrogen) atoms. The van der Waals surface area contributed by atoms with Crippen LogP contribution in [0.3, 0.4) is 0 Å². The fraction of sp³-hybridized carbons (Fsp3) is 0.200. The first-order chi connectivity index (χ1) is 6.83. The minimum Gasteiger partial charge on any atom is -0.384 e. The standard InChI is InChI=1S/C10H12N2O2/c11-10(12-14-8-13)7-6-9-4-2-1-3-5-9/h1-5,8H,6-7H2,(H2,11,12). The number of oxime groups is 1. The molecule has 1 aromatic carbocycles. The molecule has 0 fully saturated rings. The highest BCUT2D eigenvalue weighted by Crippen LogP contribution is 2.01. The number of carbonyl (C=O) groups excluding carboxylic acids is 1. The van der Waals surface area contributed by atoms with Crippen LogP contribution in [-0.4, -0.2) is 12.3 Å². The van der Waals surface area contributed by atoms with Crippen molar-refractivity contribution < 1.29 is 9.63 Å². The fourth-order valence-corrected chi connectivity index (χ4v) is 1.05. The highest BCUT2D eigenvalue weighted by molar-refractivity contribution is 5.80. The van der Waals surface area contributed by atoms with E-state index >= 15 is 0 Å². The first-order valence-corrected chi connectivity index (χ1v) is 4.28. The Hall–Kier alpha value is -1.84. The molecule has 0 radical (unpaired) electrons. The quantitative estimate of drug-likeness (QED) is 0.249. The summed E-state index contributed by atoms with van der Waals surface area (Å²) in [5, 5.41) is 3.38. The van der Waals surface area contributed by atoms with Gasteiger partial charge in [0.1, 0.15) is 5.84 Å². The van der Waals surface area contributed by atoms with E-state index in [1.165, 1.54) is 5.56 Å². The molecule has 1 rings (SSSR count). The summed E-state index contributed by atoms with van der Waals surface area (Å²) in [6, 6.07) is 9.90. The number of carbonyl (C=O) groups is 1. The lowest BCUT2D eigenvalue weighted by Gasteiger charge is -1.99. The van der Waals surface area contributed by atoms with Crippen molar-refractivity contribution >= 4 is 12.3 Å². The van der Waals surface area contributed by atoms with Gasteiger partial charge in [-0.2, -0.15) is 0 Å². The number of hydrogen-bond donors (Lipinski definition) is 1. The SMILES string of the molecule is N/C(CCc1ccccc1)=N\OC=O. The number of hydrogen-bond acceptors (Lipinski definition) is 3. The third-order valence-corrected chi connectivity index (χ3v) is 1.73. The van der Waals surface area contributed by atoms with Crippen LogP contribution >= 0.6 is 0 Å². The molecule has 0 aliphatic rings. The van der Waals surface area contributed by atoms with Crippen molar-refractivity contribution in [1.29, 1.82) is 0 Å². The molecule has 0 aliphatic carbocycles. The second-order valence-corrected chi connectivity index (χ2v) is 2.77. The average Bonchev–Trinajstić information content (AvgIpc) is 2.25. The molecule has 1 aromatic rings. The van der Waals surface area contributed by atoms with Gasteiger partial charge in [0.25, 0.3) is 0 Å². The molecule has 0 aliphatic heterocycles. The second kappa shape index (κ2) is 5.75. The van der Waals surface area contributed by atoms with Crippen molar-refractivity contribution in [2.75, 3.05) is 0 Å². The van der Waals surface area contributed by atoms with Crippen LogP contribution in [0.1, 0.15) is 12.0 Å². The summed E-state index contributed by atoms with van der Waals surface area (Å²) in [5.74, 6) is 0.320. The van der Waals surface area contributed by atoms with Crippen molar-refractivity contribution in [1.82, 2.24) is 0 Å². The summed E-state index contributed by atoms with van der Waals surface area (Å²) in [7, 11) is 0. The second-order valence-electron chi connectivity index (χ2n) is 2.77. The maximum absolute atomic E-state index is 9.80. The lowest BCUT2D eigenvalue weighted by Crippen LogP contribution is -2.13. The van der Waals surface area contributed by atoms with Crippen LogP contribution in [-0.2, 0) is 16.1 Å². The zero-order valence-corrected chi connectivity index (χ0v) is 7.72. The Morgan fingerprint density at radius 3 is 2.79 bits per heavy atom. The van der Waals surface area contributed by atoms with Crippen LogP contribution in [0, 0.1) is 0 Å². The monoisotopic (exact) mass is 192 g/mol. The van der Waals surface area contributed by atoms with Crippen LogP contribution in [0.2, 0.25) is 0 Å². The number of nitrogens with zero attached hydrogens (tertiary/aromatic N) is 1. The van der Waals surface area contributed by atoms with Crippen molar-refractivity contribution in [2.24, 2.45) is 10.9 Å². The molecular formula is C10H12N2O2. The number of amidine groups is 1. The van der Waals surface area contributed by atoms with Crippen molar-refractivity contribution in [3.8, 4) is 0 Å². The molecule has 0 atom stereocenters. The van der Waals surface area contributed by atoms with Gasteiger partial charge in [-0.05, 0) is 12.0 Å². The van der Waals surface area contributed by atoms with Gasteiger partial charge in [-0.3, -0.25) is 4.79 Å². The predicted molar refractivity (Wildman–Crippen MR) is 53.5 cm³/mol. The average molecular weight is 192 g/mol. The Morgan fingerprint density at radius 2 is 2.14 bits per heavy atom. The highest BCUT2D eigenvalue weighted by atomic mass is 16.7. The van der Waals surface area contributed by atoms with Gasteiger partial charge in [0.2, 0.25) is 0 Å². The van der Waals surface area contributed by atoms with Crippen molar-refractivity contribution in [2.45, 2.75) is 12.8 Å². The summed E-state index contributed by atoms with van der Waals surface area (Å²) in [6.07, 6.45) is 1.37. The van der Waals surface area contributed by atoms with Crippen LogP contribution in [0.4, 0.5) is 0 Å². The molecule has 4 nitrogen and oxygen atoms in total. The van der Waals surface area contributed by atoms with Gasteiger partial charge < -0.3 is 10.6 Å². The van der Waals surface area contributed by atoms with Crippen LogP contribution < -0.4 is 5.73 Å². The Labute approximate surface area is 82.4 Å². The molecule has 0 amide bonds. The summed E-state index contributed by atoms with van der Waals surface area (Å²) in [6.45, 7) is 0.245. The molecule has 0 aromatic heterocycles. The van der Waals surface area contributed by atoms with Crippen molar-refractivity contribution in [3.63, 3.8) is 0 Å². The molecule has 2 N–H and O–H groups in total. The fourth-order valence-electron chi connectivity index (χ4n) is 1.05. The van der Waals surface area contributed by atoms with E-state index in [1.807, 2.05) is 30.3 Å². The van der Waals surface area contributed by atoms with Gasteiger partial charge in [0.15, 0.2) is 0 Å². The van der Waals surface area contributed by atoms with E-state index in [0.29, 0.717) is 12.3 Å². The Morgan fingerprint density at radius 1 is 1.43 bits per heavy atom. The minimum absolute atomic E-state index is 0.245. The maximum Gasteiger partial charge on any atom is 0.323 e. The summed E-state index contributed by atoms with van der Waals surface area (Å²) >= 11 is 0. The third-order valence-electron chi connectivity index (χ3n) is 1.73. The van der Waals surface area contributed by atoms with Gasteiger partial charge in [-0.1, -0.05) is 35.5 Å². The van der Waals surface area contributed by atoms with E-state index in [2.05, 4.69) is 9.99 Å². The highest BCUT2D eigenvalue weighted by Gasteiger charge is 1.95. The van der Waals surface area contributed by atoms with Gasteiger partial charge in [0.05, 0.1) is 0 Å². The summed E-state index contributed by atoms with van der Waals surface area (Å²) in [5.41, 5.74) is 6.65. The molecule has 4 heteroatoms. The van der Waals surface area contributed by atoms with Gasteiger partial charge in [0, 0.05) is 6.42 Å². The molecular weight excluding hydrogens is 180 g/mol. The van der Waals surface area contributed by atoms with E-state index in [4.69, 9.17) is 5.73 Å². The van der Waals surface area contributed by atoms with E-state index in [-0.39, 0.29) is 6.47 Å². The Bertz CT molecular complexity index is 309. The molecule has 0 saturated carbocycles.